The van der Waals surface area contributed by atoms with Crippen molar-refractivity contribution in [2.45, 2.75) is 26.3 Å². The molecule has 0 aromatic heterocycles. The van der Waals surface area contributed by atoms with E-state index >= 15 is 0 Å². The lowest BCUT2D eigenvalue weighted by molar-refractivity contribution is -0.496. The van der Waals surface area contributed by atoms with Crippen LogP contribution in [0.3, 0.4) is 0 Å². The van der Waals surface area contributed by atoms with Gasteiger partial charge in [-0.25, -0.2) is 0 Å². The molecule has 0 spiro atoms. The second kappa shape index (κ2) is 6.01. The van der Waals surface area contributed by atoms with Gasteiger partial charge in [0.25, 0.3) is 0 Å². The fraction of sp³-hybridized carbons (Fsp3) is 0.455. The van der Waals surface area contributed by atoms with Crippen molar-refractivity contribution in [1.82, 2.24) is 0 Å². The molecule has 0 aliphatic rings. The van der Waals surface area contributed by atoms with Crippen molar-refractivity contribution in [3.63, 3.8) is 0 Å². The predicted octanol–water partition coefficient (Wildman–Crippen LogP) is 2.64. The van der Waals surface area contributed by atoms with Gasteiger partial charge in [-0.2, -0.15) is 0 Å². The summed E-state index contributed by atoms with van der Waals surface area (Å²) in [6.07, 6.45) is 2.08. The third kappa shape index (κ3) is 4.44. The molecule has 0 radical (unpaired) electrons. The number of unbranched alkanes of at least 4 members (excludes halogenated alkanes) is 1. The van der Waals surface area contributed by atoms with Gasteiger partial charge < -0.3 is 4.74 Å². The molecule has 0 atom stereocenters. The first kappa shape index (κ1) is 11.5. The van der Waals surface area contributed by atoms with Crippen molar-refractivity contribution in [2.75, 3.05) is 6.61 Å². The van der Waals surface area contributed by atoms with Gasteiger partial charge in [0.05, 0.1) is 6.61 Å². The monoisotopic (exact) mass is 209 g/mol. The largest absolute Gasteiger partial charge is 0.494 e. The normalized spacial score (nSPS) is 9.93. The maximum atomic E-state index is 10.3. The smallest absolute Gasteiger partial charge is 0.229 e. The molecular weight excluding hydrogens is 194 g/mol. The number of nitro groups is 1. The van der Waals surface area contributed by atoms with Gasteiger partial charge >= 0.3 is 0 Å². The molecule has 4 heteroatoms. The standard InChI is InChI=1S/C11H15NO3/c1-2-3-7-15-11-6-4-5-10(8-11)9-12(13)14/h4-6,8H,2-3,7,9H2,1H3. The lowest BCUT2D eigenvalue weighted by atomic mass is 10.2. The Balaban J connectivity index is 2.53. The van der Waals surface area contributed by atoms with Crippen LogP contribution in [0.25, 0.3) is 0 Å². The van der Waals surface area contributed by atoms with E-state index in [0.717, 1.165) is 12.8 Å². The molecule has 4 nitrogen and oxygen atoms in total. The summed E-state index contributed by atoms with van der Waals surface area (Å²) in [5, 5.41) is 10.3. The van der Waals surface area contributed by atoms with Gasteiger partial charge in [0.15, 0.2) is 0 Å². The molecule has 0 saturated carbocycles. The van der Waals surface area contributed by atoms with Crippen molar-refractivity contribution >= 4 is 0 Å². The summed E-state index contributed by atoms with van der Waals surface area (Å²) in [6, 6.07) is 7.05. The molecular formula is C11H15NO3. The molecule has 0 amide bonds. The van der Waals surface area contributed by atoms with Crippen LogP contribution in [0.1, 0.15) is 25.3 Å². The van der Waals surface area contributed by atoms with Crippen LogP contribution in [0.2, 0.25) is 0 Å². The molecule has 0 aliphatic heterocycles. The molecule has 1 aromatic carbocycles. The van der Waals surface area contributed by atoms with Crippen LogP contribution in [-0.2, 0) is 6.54 Å². The minimum atomic E-state index is -0.342. The van der Waals surface area contributed by atoms with Crippen molar-refractivity contribution in [3.8, 4) is 5.75 Å². The molecule has 0 fully saturated rings. The highest BCUT2D eigenvalue weighted by Gasteiger charge is 2.02. The molecule has 15 heavy (non-hydrogen) atoms. The first-order valence-corrected chi connectivity index (χ1v) is 5.06. The van der Waals surface area contributed by atoms with E-state index in [1.54, 1.807) is 18.2 Å². The van der Waals surface area contributed by atoms with Gasteiger partial charge in [0.1, 0.15) is 5.75 Å². The quantitative estimate of drug-likeness (QED) is 0.411. The Kier molecular flexibility index (Phi) is 4.60. The number of benzene rings is 1. The van der Waals surface area contributed by atoms with E-state index in [1.165, 1.54) is 0 Å². The van der Waals surface area contributed by atoms with Crippen LogP contribution >= 0.6 is 0 Å². The van der Waals surface area contributed by atoms with Crippen molar-refractivity contribution < 1.29 is 9.66 Å². The van der Waals surface area contributed by atoms with E-state index in [4.69, 9.17) is 4.74 Å². The molecule has 1 rings (SSSR count). The van der Waals surface area contributed by atoms with E-state index in [-0.39, 0.29) is 11.5 Å². The fourth-order valence-electron chi connectivity index (χ4n) is 1.22. The Bertz CT molecular complexity index is 325. The van der Waals surface area contributed by atoms with Crippen molar-refractivity contribution in [3.05, 3.63) is 39.9 Å². The highest BCUT2D eigenvalue weighted by molar-refractivity contribution is 5.27. The average Bonchev–Trinajstić information content (AvgIpc) is 2.18. The zero-order valence-corrected chi connectivity index (χ0v) is 8.81. The topological polar surface area (TPSA) is 52.4 Å². The number of hydrogen-bond acceptors (Lipinski definition) is 3. The molecule has 0 aliphatic carbocycles. The summed E-state index contributed by atoms with van der Waals surface area (Å²) in [6.45, 7) is 2.61. The molecule has 0 saturated heterocycles. The second-order valence-corrected chi connectivity index (χ2v) is 3.34. The van der Waals surface area contributed by atoms with E-state index in [1.807, 2.05) is 6.07 Å². The summed E-state index contributed by atoms with van der Waals surface area (Å²) >= 11 is 0. The van der Waals surface area contributed by atoms with Gasteiger partial charge in [-0.3, -0.25) is 10.1 Å². The maximum absolute atomic E-state index is 10.3. The number of rotatable bonds is 6. The van der Waals surface area contributed by atoms with Crippen LogP contribution in [0.5, 0.6) is 5.75 Å². The zero-order chi connectivity index (χ0) is 11.1. The Morgan fingerprint density at radius 3 is 2.93 bits per heavy atom. The SMILES string of the molecule is CCCCOc1cccc(C[N+](=O)[O-])c1. The van der Waals surface area contributed by atoms with E-state index in [2.05, 4.69) is 6.92 Å². The third-order valence-electron chi connectivity index (χ3n) is 1.98. The molecule has 0 unspecified atom stereocenters. The summed E-state index contributed by atoms with van der Waals surface area (Å²) in [5.74, 6) is 0.711. The highest BCUT2D eigenvalue weighted by atomic mass is 16.6. The summed E-state index contributed by atoms with van der Waals surface area (Å²) in [4.78, 5) is 9.96. The van der Waals surface area contributed by atoms with E-state index in [0.29, 0.717) is 17.9 Å². The Hall–Kier alpha value is -1.58. The average molecular weight is 209 g/mol. The predicted molar refractivity (Wildman–Crippen MR) is 57.5 cm³/mol. The molecule has 1 aromatic rings. The first-order chi connectivity index (χ1) is 7.22. The number of ether oxygens (including phenoxy) is 1. The van der Waals surface area contributed by atoms with Crippen LogP contribution < -0.4 is 4.74 Å². The Morgan fingerprint density at radius 1 is 1.47 bits per heavy atom. The lowest BCUT2D eigenvalue weighted by Crippen LogP contribution is -2.00. The van der Waals surface area contributed by atoms with Gasteiger partial charge in [-0.1, -0.05) is 25.5 Å². The summed E-state index contributed by atoms with van der Waals surface area (Å²) < 4.78 is 5.45. The molecule has 0 bridgehead atoms. The van der Waals surface area contributed by atoms with E-state index < -0.39 is 0 Å². The fourth-order valence-corrected chi connectivity index (χ4v) is 1.22. The second-order valence-electron chi connectivity index (χ2n) is 3.34. The van der Waals surface area contributed by atoms with Crippen LogP contribution in [0.15, 0.2) is 24.3 Å². The minimum absolute atomic E-state index is 0.148. The van der Waals surface area contributed by atoms with Gasteiger partial charge in [0.2, 0.25) is 6.54 Å². The maximum Gasteiger partial charge on any atom is 0.229 e. The molecule has 0 N–H and O–H groups in total. The minimum Gasteiger partial charge on any atom is -0.494 e. The zero-order valence-electron chi connectivity index (χ0n) is 8.81. The summed E-state index contributed by atoms with van der Waals surface area (Å²) in [7, 11) is 0. The van der Waals surface area contributed by atoms with Crippen LogP contribution in [0, 0.1) is 10.1 Å². The number of hydrogen-bond donors (Lipinski definition) is 0. The van der Waals surface area contributed by atoms with Crippen LogP contribution in [0.4, 0.5) is 0 Å². The number of nitrogens with zero attached hydrogens (tertiary/aromatic N) is 1. The molecule has 0 heterocycles. The third-order valence-corrected chi connectivity index (χ3v) is 1.98. The highest BCUT2D eigenvalue weighted by Crippen LogP contribution is 2.14. The molecule has 82 valence electrons. The Labute approximate surface area is 89.0 Å². The van der Waals surface area contributed by atoms with Crippen molar-refractivity contribution in [1.29, 1.82) is 0 Å². The van der Waals surface area contributed by atoms with Crippen molar-refractivity contribution in [2.24, 2.45) is 0 Å². The Morgan fingerprint density at radius 2 is 2.27 bits per heavy atom. The summed E-state index contributed by atoms with van der Waals surface area (Å²) in [5.41, 5.74) is 0.675. The first-order valence-electron chi connectivity index (χ1n) is 5.06. The van der Waals surface area contributed by atoms with Crippen LogP contribution in [-0.4, -0.2) is 11.5 Å². The van der Waals surface area contributed by atoms with E-state index in [9.17, 15) is 10.1 Å². The van der Waals surface area contributed by atoms with Gasteiger partial charge in [0, 0.05) is 10.5 Å². The van der Waals surface area contributed by atoms with Gasteiger partial charge in [-0.05, 0) is 18.6 Å². The van der Waals surface area contributed by atoms with Gasteiger partial charge in [-0.15, -0.1) is 0 Å². The lowest BCUT2D eigenvalue weighted by Gasteiger charge is -2.05.